The first-order valence-electron chi connectivity index (χ1n) is 8.87. The Bertz CT molecular complexity index is 740. The predicted octanol–water partition coefficient (Wildman–Crippen LogP) is 2.80. The van der Waals surface area contributed by atoms with Gasteiger partial charge in [0.05, 0.1) is 18.7 Å². The summed E-state index contributed by atoms with van der Waals surface area (Å²) in [5.41, 5.74) is 1.83. The van der Waals surface area contributed by atoms with Crippen LogP contribution in [0.15, 0.2) is 29.2 Å². The highest BCUT2D eigenvalue weighted by Gasteiger charge is 2.31. The lowest BCUT2D eigenvalue weighted by atomic mass is 10.2. The van der Waals surface area contributed by atoms with Crippen molar-refractivity contribution in [2.24, 2.45) is 0 Å². The average Bonchev–Trinajstić information content (AvgIpc) is 3.31. The van der Waals surface area contributed by atoms with Crippen molar-refractivity contribution in [1.82, 2.24) is 9.97 Å². The van der Waals surface area contributed by atoms with Gasteiger partial charge in [0, 0.05) is 38.2 Å². The second kappa shape index (κ2) is 6.74. The molecule has 2 aromatic heterocycles. The largest absolute Gasteiger partial charge is 0.472 e. The number of hydrogen-bond donors (Lipinski definition) is 1. The van der Waals surface area contributed by atoms with Crippen LogP contribution in [0.2, 0.25) is 0 Å². The molecule has 0 saturated heterocycles. The number of anilines is 3. The SMILES string of the molecule is CN1C(=O)CCN(C2CCCC2)c2nc(NCc3ccoc3)ncc21. The lowest BCUT2D eigenvalue weighted by molar-refractivity contribution is -0.118. The van der Waals surface area contributed by atoms with Gasteiger partial charge in [0.1, 0.15) is 5.69 Å². The summed E-state index contributed by atoms with van der Waals surface area (Å²) in [7, 11) is 1.81. The van der Waals surface area contributed by atoms with Gasteiger partial charge in [-0.3, -0.25) is 4.79 Å². The number of hydrogen-bond acceptors (Lipinski definition) is 6. The second-order valence-corrected chi connectivity index (χ2v) is 6.72. The van der Waals surface area contributed by atoms with Crippen molar-refractivity contribution in [2.45, 2.75) is 44.7 Å². The van der Waals surface area contributed by atoms with Gasteiger partial charge in [0.2, 0.25) is 11.9 Å². The number of carbonyl (C=O) groups is 1. The van der Waals surface area contributed by atoms with Crippen LogP contribution in [0.1, 0.15) is 37.7 Å². The zero-order valence-corrected chi connectivity index (χ0v) is 14.4. The zero-order chi connectivity index (χ0) is 17.2. The van der Waals surface area contributed by atoms with E-state index in [1.807, 2.05) is 6.07 Å². The van der Waals surface area contributed by atoms with E-state index in [1.54, 1.807) is 30.7 Å². The number of amides is 1. The molecule has 0 bridgehead atoms. The van der Waals surface area contributed by atoms with Gasteiger partial charge >= 0.3 is 0 Å². The first kappa shape index (κ1) is 15.9. The summed E-state index contributed by atoms with van der Waals surface area (Å²) in [4.78, 5) is 25.5. The fraction of sp³-hybridized carbons (Fsp3) is 0.500. The maximum Gasteiger partial charge on any atom is 0.228 e. The Morgan fingerprint density at radius 3 is 2.96 bits per heavy atom. The quantitative estimate of drug-likeness (QED) is 0.922. The molecule has 0 unspecified atom stereocenters. The zero-order valence-electron chi connectivity index (χ0n) is 14.4. The molecule has 1 amide bonds. The molecule has 1 fully saturated rings. The molecule has 1 N–H and O–H groups in total. The van der Waals surface area contributed by atoms with Crippen molar-refractivity contribution in [2.75, 3.05) is 28.7 Å². The monoisotopic (exact) mass is 341 g/mol. The Morgan fingerprint density at radius 2 is 2.20 bits per heavy atom. The molecule has 1 aliphatic heterocycles. The smallest absolute Gasteiger partial charge is 0.228 e. The Hall–Kier alpha value is -2.57. The van der Waals surface area contributed by atoms with Crippen molar-refractivity contribution < 1.29 is 9.21 Å². The van der Waals surface area contributed by atoms with E-state index in [2.05, 4.69) is 15.2 Å². The molecule has 2 aliphatic rings. The summed E-state index contributed by atoms with van der Waals surface area (Å²) >= 11 is 0. The van der Waals surface area contributed by atoms with Crippen LogP contribution in [0.25, 0.3) is 0 Å². The number of nitrogens with zero attached hydrogens (tertiary/aromatic N) is 4. The fourth-order valence-corrected chi connectivity index (χ4v) is 3.67. The molecule has 1 saturated carbocycles. The van der Waals surface area contributed by atoms with Crippen LogP contribution in [0.4, 0.5) is 17.5 Å². The van der Waals surface area contributed by atoms with Gasteiger partial charge in [0.15, 0.2) is 5.82 Å². The van der Waals surface area contributed by atoms with Crippen molar-refractivity contribution >= 4 is 23.4 Å². The molecular weight excluding hydrogens is 318 g/mol. The third kappa shape index (κ3) is 3.18. The van der Waals surface area contributed by atoms with Gasteiger partial charge in [-0.1, -0.05) is 12.8 Å². The molecule has 0 atom stereocenters. The van der Waals surface area contributed by atoms with Crippen molar-refractivity contribution in [3.05, 3.63) is 30.4 Å². The third-order valence-electron chi connectivity index (χ3n) is 5.12. The van der Waals surface area contributed by atoms with Crippen LogP contribution >= 0.6 is 0 Å². The van der Waals surface area contributed by atoms with Gasteiger partial charge in [-0.2, -0.15) is 4.98 Å². The molecule has 132 valence electrons. The van der Waals surface area contributed by atoms with Crippen LogP contribution < -0.4 is 15.1 Å². The van der Waals surface area contributed by atoms with E-state index in [1.165, 1.54) is 25.7 Å². The van der Waals surface area contributed by atoms with Crippen LogP contribution in [-0.2, 0) is 11.3 Å². The maximum absolute atomic E-state index is 12.3. The van der Waals surface area contributed by atoms with Crippen molar-refractivity contribution in [3.8, 4) is 0 Å². The highest BCUT2D eigenvalue weighted by molar-refractivity contribution is 5.97. The molecule has 0 radical (unpaired) electrons. The normalized spacial score (nSPS) is 18.4. The van der Waals surface area contributed by atoms with E-state index < -0.39 is 0 Å². The fourth-order valence-electron chi connectivity index (χ4n) is 3.67. The van der Waals surface area contributed by atoms with Crippen LogP contribution in [0.3, 0.4) is 0 Å². The molecule has 7 nitrogen and oxygen atoms in total. The number of fused-ring (bicyclic) bond motifs is 1. The summed E-state index contributed by atoms with van der Waals surface area (Å²) in [6.45, 7) is 1.33. The number of aromatic nitrogens is 2. The molecule has 4 rings (SSSR count). The summed E-state index contributed by atoms with van der Waals surface area (Å²) in [6.07, 6.45) is 10.4. The first-order chi connectivity index (χ1) is 12.2. The highest BCUT2D eigenvalue weighted by Crippen LogP contribution is 2.35. The van der Waals surface area contributed by atoms with E-state index >= 15 is 0 Å². The van der Waals surface area contributed by atoms with E-state index in [4.69, 9.17) is 9.40 Å². The summed E-state index contributed by atoms with van der Waals surface area (Å²) in [5, 5.41) is 3.24. The lowest BCUT2D eigenvalue weighted by Crippen LogP contribution is -2.34. The molecule has 3 heterocycles. The van der Waals surface area contributed by atoms with Gasteiger partial charge in [-0.15, -0.1) is 0 Å². The molecule has 0 aromatic carbocycles. The predicted molar refractivity (Wildman–Crippen MR) is 95.7 cm³/mol. The Morgan fingerprint density at radius 1 is 1.36 bits per heavy atom. The maximum atomic E-state index is 12.3. The minimum absolute atomic E-state index is 0.115. The molecule has 25 heavy (non-hydrogen) atoms. The highest BCUT2D eigenvalue weighted by atomic mass is 16.3. The van der Waals surface area contributed by atoms with Crippen molar-refractivity contribution in [3.63, 3.8) is 0 Å². The van der Waals surface area contributed by atoms with Gasteiger partial charge < -0.3 is 19.5 Å². The van der Waals surface area contributed by atoms with Gasteiger partial charge in [-0.05, 0) is 18.9 Å². The Kier molecular flexibility index (Phi) is 4.29. The number of carbonyl (C=O) groups excluding carboxylic acids is 1. The van der Waals surface area contributed by atoms with E-state index in [0.717, 1.165) is 23.6 Å². The minimum Gasteiger partial charge on any atom is -0.472 e. The van der Waals surface area contributed by atoms with Crippen molar-refractivity contribution in [1.29, 1.82) is 0 Å². The first-order valence-corrected chi connectivity index (χ1v) is 8.87. The molecule has 1 aliphatic carbocycles. The van der Waals surface area contributed by atoms with Crippen LogP contribution in [0, 0.1) is 0 Å². The lowest BCUT2D eigenvalue weighted by Gasteiger charge is -2.30. The minimum atomic E-state index is 0.115. The molecular formula is C18H23N5O2. The summed E-state index contributed by atoms with van der Waals surface area (Å²) in [6, 6.07) is 2.38. The topological polar surface area (TPSA) is 74.5 Å². The molecule has 2 aromatic rings. The third-order valence-corrected chi connectivity index (χ3v) is 5.12. The van der Waals surface area contributed by atoms with E-state index in [9.17, 15) is 4.79 Å². The Labute approximate surface area is 147 Å². The van der Waals surface area contributed by atoms with Crippen LogP contribution in [0.5, 0.6) is 0 Å². The Balaban J connectivity index is 1.63. The summed E-state index contributed by atoms with van der Waals surface area (Å²) < 4.78 is 5.09. The van der Waals surface area contributed by atoms with Gasteiger partial charge in [-0.25, -0.2) is 4.98 Å². The van der Waals surface area contributed by atoms with E-state index in [-0.39, 0.29) is 5.91 Å². The summed E-state index contributed by atoms with van der Waals surface area (Å²) in [5.74, 6) is 1.56. The molecule has 7 heteroatoms. The number of furan rings is 1. The average molecular weight is 341 g/mol. The number of rotatable bonds is 4. The van der Waals surface area contributed by atoms with E-state index in [0.29, 0.717) is 25.0 Å². The van der Waals surface area contributed by atoms with Crippen LogP contribution in [-0.4, -0.2) is 35.5 Å². The standard InChI is InChI=1S/C18H23N5O2/c1-22-15-11-20-18(19-10-13-7-9-25-12-13)21-17(15)23(8-6-16(22)24)14-4-2-3-5-14/h7,9,11-12,14H,2-6,8,10H2,1H3,(H,19,20,21). The van der Waals surface area contributed by atoms with Gasteiger partial charge in [0.25, 0.3) is 0 Å². The molecule has 0 spiro atoms. The second-order valence-electron chi connectivity index (χ2n) is 6.72. The number of nitrogens with one attached hydrogen (secondary N) is 1.